The number of rotatable bonds is 17. The number of aryl methyl sites for hydroxylation is 1. The van der Waals surface area contributed by atoms with Crippen LogP contribution in [0.1, 0.15) is 74.1 Å². The minimum absolute atomic E-state index is 0.00332. The maximum atomic E-state index is 14.5. The Morgan fingerprint density at radius 2 is 1.54 bits per heavy atom. The molecule has 1 heterocycles. The second kappa shape index (κ2) is 19.2. The largest absolute Gasteiger partial charge is 0.492 e. The summed E-state index contributed by atoms with van der Waals surface area (Å²) in [5.41, 5.74) is 4.16. The van der Waals surface area contributed by atoms with Crippen molar-refractivity contribution >= 4 is 29.1 Å². The van der Waals surface area contributed by atoms with E-state index in [1.807, 2.05) is 11.0 Å². The first-order chi connectivity index (χ1) is 24.3. The molecule has 0 N–H and O–H groups in total. The number of piperidine rings is 1. The van der Waals surface area contributed by atoms with E-state index in [0.717, 1.165) is 56.9 Å². The highest BCUT2D eigenvalue weighted by molar-refractivity contribution is 6.35. The number of carbonyl (C=O) groups is 1. The molecule has 8 heteroatoms. The Hall–Kier alpha value is -3.45. The molecule has 0 radical (unpaired) electrons. The Bertz CT molecular complexity index is 1630. The molecule has 1 atom stereocenters. The zero-order valence-corrected chi connectivity index (χ0v) is 30.4. The quantitative estimate of drug-likeness (QED) is 0.102. The first-order valence-electron chi connectivity index (χ1n) is 17.9. The molecular weight excluding hydrogens is 673 g/mol. The first-order valence-corrected chi connectivity index (χ1v) is 18.7. The molecule has 0 bridgehead atoms. The molecule has 4 aromatic rings. The van der Waals surface area contributed by atoms with Gasteiger partial charge < -0.3 is 9.64 Å². The summed E-state index contributed by atoms with van der Waals surface area (Å²) >= 11 is 12.3. The van der Waals surface area contributed by atoms with Crippen LogP contribution in [0.15, 0.2) is 91.0 Å². The first kappa shape index (κ1) is 37.8. The van der Waals surface area contributed by atoms with E-state index in [0.29, 0.717) is 47.4 Å². The number of halogens is 4. The second-order valence-electron chi connectivity index (χ2n) is 13.5. The average molecular weight is 722 g/mol. The fourth-order valence-electron chi connectivity index (χ4n) is 6.96. The molecule has 4 nitrogen and oxygen atoms in total. The predicted octanol–water partition coefficient (Wildman–Crippen LogP) is 10.7. The van der Waals surface area contributed by atoms with Crippen molar-refractivity contribution in [2.45, 2.75) is 83.8 Å². The van der Waals surface area contributed by atoms with Gasteiger partial charge in [0.05, 0.1) is 11.6 Å². The van der Waals surface area contributed by atoms with Crippen molar-refractivity contribution in [3.05, 3.63) is 135 Å². The number of hydrogen-bond acceptors (Lipinski definition) is 3. The lowest BCUT2D eigenvalue weighted by Crippen LogP contribution is -2.48. The molecule has 0 aliphatic carbocycles. The van der Waals surface area contributed by atoms with Crippen LogP contribution in [0.5, 0.6) is 5.75 Å². The molecule has 1 unspecified atom stereocenters. The van der Waals surface area contributed by atoms with Gasteiger partial charge in [0.15, 0.2) is 0 Å². The number of hydrogen-bond donors (Lipinski definition) is 0. The van der Waals surface area contributed by atoms with Crippen molar-refractivity contribution in [3.63, 3.8) is 0 Å². The molecule has 266 valence electrons. The van der Waals surface area contributed by atoms with Crippen LogP contribution in [0.25, 0.3) is 0 Å². The third kappa shape index (κ3) is 11.5. The lowest BCUT2D eigenvalue weighted by Gasteiger charge is -2.42. The normalized spacial score (nSPS) is 14.4. The van der Waals surface area contributed by atoms with Crippen molar-refractivity contribution in [3.8, 4) is 5.75 Å². The van der Waals surface area contributed by atoms with Crippen LogP contribution in [0.3, 0.4) is 0 Å². The summed E-state index contributed by atoms with van der Waals surface area (Å²) in [5, 5.41) is 0.946. The number of unbranched alkanes of at least 4 members (excludes halogenated alkanes) is 2. The molecule has 50 heavy (non-hydrogen) atoms. The van der Waals surface area contributed by atoms with Gasteiger partial charge in [-0.3, -0.25) is 9.69 Å². The van der Waals surface area contributed by atoms with E-state index in [2.05, 4.69) is 60.4 Å². The van der Waals surface area contributed by atoms with Gasteiger partial charge in [-0.25, -0.2) is 8.78 Å². The summed E-state index contributed by atoms with van der Waals surface area (Å²) in [6.07, 6.45) is 7.45. The number of likely N-dealkylation sites (tertiary alicyclic amines) is 1. The van der Waals surface area contributed by atoms with Crippen molar-refractivity contribution in [1.29, 1.82) is 0 Å². The van der Waals surface area contributed by atoms with Gasteiger partial charge in [0.2, 0.25) is 5.91 Å². The van der Waals surface area contributed by atoms with Crippen LogP contribution in [-0.4, -0.2) is 41.4 Å². The van der Waals surface area contributed by atoms with E-state index < -0.39 is 11.6 Å². The van der Waals surface area contributed by atoms with E-state index in [1.54, 1.807) is 18.2 Å². The van der Waals surface area contributed by atoms with Gasteiger partial charge in [-0.1, -0.05) is 97.6 Å². The lowest BCUT2D eigenvalue weighted by molar-refractivity contribution is -0.136. The molecule has 1 aliphatic rings. The van der Waals surface area contributed by atoms with E-state index in [1.165, 1.54) is 36.1 Å². The molecule has 1 amide bonds. The zero-order chi connectivity index (χ0) is 35.3. The Labute approximate surface area is 306 Å². The second-order valence-corrected chi connectivity index (χ2v) is 14.3. The van der Waals surface area contributed by atoms with E-state index >= 15 is 0 Å². The van der Waals surface area contributed by atoms with Gasteiger partial charge in [0, 0.05) is 36.6 Å². The molecule has 1 aliphatic heterocycles. The van der Waals surface area contributed by atoms with Gasteiger partial charge in [-0.2, -0.15) is 0 Å². The fourth-order valence-corrected chi connectivity index (χ4v) is 7.42. The van der Waals surface area contributed by atoms with Crippen LogP contribution in [0.2, 0.25) is 10.0 Å². The Morgan fingerprint density at radius 3 is 2.22 bits per heavy atom. The molecule has 4 aromatic carbocycles. The topological polar surface area (TPSA) is 32.8 Å². The van der Waals surface area contributed by atoms with Crippen LogP contribution < -0.4 is 4.74 Å². The molecule has 1 fully saturated rings. The van der Waals surface area contributed by atoms with Crippen molar-refractivity contribution < 1.29 is 18.3 Å². The summed E-state index contributed by atoms with van der Waals surface area (Å²) in [7, 11) is 0. The van der Waals surface area contributed by atoms with Crippen LogP contribution in [-0.2, 0) is 30.7 Å². The highest BCUT2D eigenvalue weighted by Gasteiger charge is 2.34. The van der Waals surface area contributed by atoms with Gasteiger partial charge in [0.1, 0.15) is 17.4 Å². The van der Waals surface area contributed by atoms with Crippen molar-refractivity contribution in [2.24, 2.45) is 5.92 Å². The van der Waals surface area contributed by atoms with E-state index in [-0.39, 0.29) is 24.3 Å². The third-order valence-corrected chi connectivity index (χ3v) is 10.2. The Balaban J connectivity index is 1.36. The zero-order valence-electron chi connectivity index (χ0n) is 28.9. The van der Waals surface area contributed by atoms with Crippen LogP contribution in [0, 0.1) is 17.6 Å². The summed E-state index contributed by atoms with van der Waals surface area (Å²) in [4.78, 5) is 18.7. The van der Waals surface area contributed by atoms with Gasteiger partial charge >= 0.3 is 0 Å². The Kier molecular flexibility index (Phi) is 14.5. The molecule has 1 saturated heterocycles. The number of benzene rings is 4. The van der Waals surface area contributed by atoms with E-state index in [9.17, 15) is 13.6 Å². The van der Waals surface area contributed by atoms with Gasteiger partial charge in [0.25, 0.3) is 0 Å². The van der Waals surface area contributed by atoms with Crippen LogP contribution in [0.4, 0.5) is 8.78 Å². The molecule has 0 aromatic heterocycles. The lowest BCUT2D eigenvalue weighted by atomic mass is 9.84. The monoisotopic (exact) mass is 720 g/mol. The molecule has 0 saturated carbocycles. The third-order valence-electron chi connectivity index (χ3n) is 9.64. The summed E-state index contributed by atoms with van der Waals surface area (Å²) < 4.78 is 34.8. The smallest absolute Gasteiger partial charge is 0.223 e. The number of nitrogens with zero attached hydrogens (tertiary/aromatic N) is 2. The minimum atomic E-state index is -0.606. The number of ether oxygens (including phenoxy) is 1. The summed E-state index contributed by atoms with van der Waals surface area (Å²) in [5.74, 6) is -0.532. The highest BCUT2D eigenvalue weighted by atomic mass is 35.5. The fraction of sp³-hybridized carbons (Fsp3) is 0.405. The molecule has 5 rings (SSSR count). The van der Waals surface area contributed by atoms with Crippen LogP contribution >= 0.6 is 23.2 Å². The molecule has 0 spiro atoms. The summed E-state index contributed by atoms with van der Waals surface area (Å²) in [6.45, 7) is 5.58. The Morgan fingerprint density at radius 1 is 0.840 bits per heavy atom. The van der Waals surface area contributed by atoms with E-state index in [4.69, 9.17) is 27.9 Å². The predicted molar refractivity (Wildman–Crippen MR) is 200 cm³/mol. The summed E-state index contributed by atoms with van der Waals surface area (Å²) in [6, 6.07) is 27.5. The number of carbonyl (C=O) groups excluding carboxylic acids is 1. The maximum Gasteiger partial charge on any atom is 0.223 e. The highest BCUT2D eigenvalue weighted by Crippen LogP contribution is 2.31. The number of amides is 1. The minimum Gasteiger partial charge on any atom is -0.492 e. The van der Waals surface area contributed by atoms with Gasteiger partial charge in [-0.05, 0) is 110 Å². The standard InChI is InChI=1S/C42H48Cl2F2N2O2/c1-2-3-5-9-31-13-15-33(16-14-31)30-48(42(49)12-8-23-50-41-18-17-36(43)27-39(41)44)40(26-34-24-37(45)28-38(46)25-34)35-19-21-47(22-20-35)29-32-10-6-4-7-11-32/h4,6-7,10-11,13-18,24-25,27-28,35,40H,2-3,5,8-9,12,19-23,26,29-30H2,1H3. The maximum absolute atomic E-state index is 14.5. The van der Waals surface area contributed by atoms with Gasteiger partial charge in [-0.15, -0.1) is 0 Å². The SMILES string of the molecule is CCCCCc1ccc(CN(C(=O)CCCOc2ccc(Cl)cc2Cl)C(Cc2cc(F)cc(F)c2)C2CCN(Cc3ccccc3)CC2)cc1. The van der Waals surface area contributed by atoms with Crippen molar-refractivity contribution in [1.82, 2.24) is 9.80 Å². The average Bonchev–Trinajstić information content (AvgIpc) is 3.10. The van der Waals surface area contributed by atoms with Crippen molar-refractivity contribution in [2.75, 3.05) is 19.7 Å². The molecular formula is C42H48Cl2F2N2O2.